The molecule has 0 saturated heterocycles. The summed E-state index contributed by atoms with van der Waals surface area (Å²) >= 11 is 0. The van der Waals surface area contributed by atoms with Gasteiger partial charge in [-0.15, -0.1) is 0 Å². The molecule has 1 aliphatic carbocycles. The van der Waals surface area contributed by atoms with E-state index in [0.717, 1.165) is 59.2 Å². The van der Waals surface area contributed by atoms with Crippen LogP contribution < -0.4 is 10.7 Å². The summed E-state index contributed by atoms with van der Waals surface area (Å²) in [6.07, 6.45) is 26.4. The molecule has 0 bridgehead atoms. The molecule has 4 nitrogen and oxygen atoms in total. The van der Waals surface area contributed by atoms with E-state index < -0.39 is 0 Å². The summed E-state index contributed by atoms with van der Waals surface area (Å²) in [7, 11) is 0. The summed E-state index contributed by atoms with van der Waals surface area (Å²) in [4.78, 5) is 9.87. The lowest BCUT2D eigenvalue weighted by atomic mass is 10.0. The van der Waals surface area contributed by atoms with E-state index in [9.17, 15) is 0 Å². The Morgan fingerprint density at radius 1 is 0.628 bits per heavy atom. The second kappa shape index (κ2) is 19.5. The Morgan fingerprint density at radius 2 is 1.21 bits per heavy atom. The quantitative estimate of drug-likeness (QED) is 0.0432. The van der Waals surface area contributed by atoms with Gasteiger partial charge in [-0.1, -0.05) is 141 Å². The molecule has 0 unspecified atom stereocenters. The fourth-order valence-electron chi connectivity index (χ4n) is 6.26. The number of hydrogen-bond donors (Lipinski definition) is 1. The molecule has 4 rings (SSSR count). The highest BCUT2D eigenvalue weighted by atomic mass is 16.3. The van der Waals surface area contributed by atoms with Crippen molar-refractivity contribution in [3.63, 3.8) is 0 Å². The predicted molar refractivity (Wildman–Crippen MR) is 184 cm³/mol. The maximum Gasteiger partial charge on any atom is 0.159 e. The highest BCUT2D eigenvalue weighted by Gasteiger charge is 2.15. The van der Waals surface area contributed by atoms with Crippen LogP contribution >= 0.6 is 0 Å². The molecule has 234 valence electrons. The van der Waals surface area contributed by atoms with Crippen molar-refractivity contribution >= 4 is 27.6 Å². The third-order valence-electron chi connectivity index (χ3n) is 8.87. The van der Waals surface area contributed by atoms with Gasteiger partial charge >= 0.3 is 0 Å². The average Bonchev–Trinajstić information content (AvgIpc) is 3.03. The van der Waals surface area contributed by atoms with Gasteiger partial charge < -0.3 is 9.73 Å². The first-order chi connectivity index (χ1) is 21.3. The van der Waals surface area contributed by atoms with E-state index in [1.54, 1.807) is 0 Å². The number of unbranched alkanes of at least 4 members (excludes halogenated alkanes) is 17. The molecule has 0 fully saturated rings. The topological polar surface area (TPSA) is 55.0 Å². The maximum atomic E-state index is 6.42. The number of benzene rings is 3. The minimum absolute atomic E-state index is 0.809. The summed E-state index contributed by atoms with van der Waals surface area (Å²) < 4.78 is 6.42. The maximum absolute atomic E-state index is 6.42. The van der Waals surface area contributed by atoms with E-state index >= 15 is 0 Å². The number of quaternary nitrogens is 1. The molecular weight excluding hydrogens is 526 g/mol. The highest BCUT2D eigenvalue weighted by Crippen LogP contribution is 2.32. The first-order valence-electron chi connectivity index (χ1n) is 17.9. The van der Waals surface area contributed by atoms with Crippen molar-refractivity contribution in [2.75, 3.05) is 13.1 Å². The average molecular weight is 585 g/mol. The summed E-state index contributed by atoms with van der Waals surface area (Å²) in [5.41, 5.74) is 3.88. The van der Waals surface area contributed by atoms with E-state index in [1.165, 1.54) is 120 Å². The number of rotatable bonds is 22. The SMILES string of the molecule is CCCCCCCCCCCCCCCCCCCCN=c1ccc2nc3c(cc([NH2+]CCC)c4ccccc43)oc-2c1. The molecule has 1 heterocycles. The molecular formula is C39H58N3O+. The molecule has 0 aromatic heterocycles. The molecule has 2 N–H and O–H groups in total. The number of hydrogen-bond acceptors (Lipinski definition) is 3. The van der Waals surface area contributed by atoms with Gasteiger partial charge in [-0.2, -0.15) is 0 Å². The van der Waals surface area contributed by atoms with Crippen LogP contribution in [0.15, 0.2) is 57.9 Å². The minimum atomic E-state index is 0.809. The Kier molecular flexibility index (Phi) is 15.1. The van der Waals surface area contributed by atoms with Gasteiger partial charge in [-0.05, 0) is 31.0 Å². The van der Waals surface area contributed by atoms with Crippen LogP contribution in [-0.4, -0.2) is 18.1 Å². The van der Waals surface area contributed by atoms with Crippen LogP contribution in [0.5, 0.6) is 0 Å². The zero-order valence-electron chi connectivity index (χ0n) is 27.3. The summed E-state index contributed by atoms with van der Waals surface area (Å²) in [6.45, 7) is 6.45. The lowest BCUT2D eigenvalue weighted by Gasteiger charge is -2.10. The second-order valence-electron chi connectivity index (χ2n) is 12.6. The van der Waals surface area contributed by atoms with Gasteiger partial charge in [-0.3, -0.25) is 4.99 Å². The molecule has 0 saturated carbocycles. The van der Waals surface area contributed by atoms with Gasteiger partial charge in [0.2, 0.25) is 0 Å². The largest absolute Gasteiger partial charge is 0.452 e. The number of fused-ring (bicyclic) bond motifs is 4. The molecule has 1 aliphatic heterocycles. The molecule has 2 aliphatic rings. The third kappa shape index (κ3) is 11.1. The fraction of sp³-hybridized carbons (Fsp3) is 0.590. The second-order valence-corrected chi connectivity index (χ2v) is 12.6. The van der Waals surface area contributed by atoms with Gasteiger partial charge in [0, 0.05) is 29.4 Å². The molecule has 0 radical (unpaired) electrons. The monoisotopic (exact) mass is 584 g/mol. The van der Waals surface area contributed by atoms with Crippen LogP contribution in [0.25, 0.3) is 33.3 Å². The summed E-state index contributed by atoms with van der Waals surface area (Å²) in [5.74, 6) is 0.809. The number of nitrogens with zero attached hydrogens (tertiary/aromatic N) is 2. The molecule has 43 heavy (non-hydrogen) atoms. The van der Waals surface area contributed by atoms with Crippen LogP contribution in [0, 0.1) is 0 Å². The first-order valence-corrected chi connectivity index (χ1v) is 17.9. The van der Waals surface area contributed by atoms with Crippen LogP contribution in [0.2, 0.25) is 0 Å². The van der Waals surface area contributed by atoms with Gasteiger partial charge in [0.05, 0.1) is 11.9 Å². The smallest absolute Gasteiger partial charge is 0.159 e. The normalized spacial score (nSPS) is 12.3. The Balaban J connectivity index is 1.12. The highest BCUT2D eigenvalue weighted by molar-refractivity contribution is 6.08. The van der Waals surface area contributed by atoms with E-state index in [4.69, 9.17) is 14.4 Å². The number of nitrogens with two attached hydrogens (primary N) is 1. The predicted octanol–water partition coefficient (Wildman–Crippen LogP) is 10.6. The summed E-state index contributed by atoms with van der Waals surface area (Å²) in [6, 6.07) is 16.9. The van der Waals surface area contributed by atoms with Gasteiger partial charge in [0.15, 0.2) is 11.3 Å². The van der Waals surface area contributed by atoms with Gasteiger partial charge in [-0.25, -0.2) is 4.98 Å². The Bertz CT molecular complexity index is 1370. The minimum Gasteiger partial charge on any atom is -0.452 e. The van der Waals surface area contributed by atoms with Crippen molar-refractivity contribution in [3.05, 3.63) is 53.9 Å². The van der Waals surface area contributed by atoms with E-state index in [1.807, 2.05) is 0 Å². The van der Waals surface area contributed by atoms with Crippen LogP contribution in [0.4, 0.5) is 5.69 Å². The van der Waals surface area contributed by atoms with E-state index in [2.05, 4.69) is 67.7 Å². The van der Waals surface area contributed by atoms with E-state index in [-0.39, 0.29) is 0 Å². The van der Waals surface area contributed by atoms with E-state index in [0.29, 0.717) is 0 Å². The van der Waals surface area contributed by atoms with Crippen molar-refractivity contribution in [3.8, 4) is 11.5 Å². The van der Waals surface area contributed by atoms with Crippen molar-refractivity contribution in [2.24, 2.45) is 4.99 Å². The Hall–Kier alpha value is -2.72. The van der Waals surface area contributed by atoms with Crippen LogP contribution in [-0.2, 0) is 0 Å². The zero-order valence-corrected chi connectivity index (χ0v) is 27.3. The van der Waals surface area contributed by atoms with Crippen molar-refractivity contribution in [1.82, 2.24) is 4.98 Å². The molecule has 2 aromatic carbocycles. The van der Waals surface area contributed by atoms with Crippen LogP contribution in [0.1, 0.15) is 136 Å². The van der Waals surface area contributed by atoms with Gasteiger partial charge in [0.25, 0.3) is 0 Å². The molecule has 0 atom stereocenters. The zero-order chi connectivity index (χ0) is 30.0. The molecule has 0 amide bonds. The van der Waals surface area contributed by atoms with Crippen LogP contribution in [0.3, 0.4) is 0 Å². The Labute approximate surface area is 261 Å². The van der Waals surface area contributed by atoms with Crippen molar-refractivity contribution in [2.45, 2.75) is 136 Å². The molecule has 4 heteroatoms. The summed E-state index contributed by atoms with van der Waals surface area (Å²) in [5, 5.41) is 5.69. The first kappa shape index (κ1) is 33.2. The lowest BCUT2D eigenvalue weighted by molar-refractivity contribution is -0.569. The van der Waals surface area contributed by atoms with Crippen molar-refractivity contribution in [1.29, 1.82) is 0 Å². The van der Waals surface area contributed by atoms with Crippen molar-refractivity contribution < 1.29 is 9.73 Å². The standard InChI is InChI=1S/C39H57N3O/c1-3-5-6-7-8-9-10-11-12-13-14-15-16-17-18-19-20-23-29-40-32-26-27-35-37(30-32)43-38-31-36(41-28-4-2)33-24-21-22-25-34(33)39(38)42-35/h21-22,24-27,30-31,41H,3-20,23,28-29H2,1-2H3/p+1. The molecule has 2 aromatic rings. The third-order valence-corrected chi connectivity index (χ3v) is 8.87. The van der Waals surface area contributed by atoms with Gasteiger partial charge in [0.1, 0.15) is 16.9 Å². The Morgan fingerprint density at radius 3 is 1.81 bits per heavy atom. The number of aromatic nitrogens is 1. The fourth-order valence-corrected chi connectivity index (χ4v) is 6.26. The molecule has 0 spiro atoms. The lowest BCUT2D eigenvalue weighted by Crippen LogP contribution is -2.77.